The van der Waals surface area contributed by atoms with Crippen molar-refractivity contribution >= 4 is 11.9 Å². The lowest BCUT2D eigenvalue weighted by Gasteiger charge is -2.71. The molecule has 19 nitrogen and oxygen atoms in total. The molecule has 3 aliphatic heterocycles. The van der Waals surface area contributed by atoms with Gasteiger partial charge in [-0.1, -0.05) is 60.1 Å². The number of rotatable bonds is 8. The van der Waals surface area contributed by atoms with Crippen LogP contribution in [0.2, 0.25) is 0 Å². The van der Waals surface area contributed by atoms with E-state index < -0.39 is 139 Å². The van der Waals surface area contributed by atoms with Gasteiger partial charge >= 0.3 is 11.9 Å². The topological polar surface area (TPSA) is 312 Å². The zero-order valence-electron chi connectivity index (χ0n) is 39.9. The summed E-state index contributed by atoms with van der Waals surface area (Å²) in [5, 5.41) is 118. The molecule has 11 N–H and O–H groups in total. The van der Waals surface area contributed by atoms with Crippen molar-refractivity contribution in [1.82, 2.24) is 0 Å². The van der Waals surface area contributed by atoms with Gasteiger partial charge in [0.05, 0.1) is 30.3 Å². The lowest BCUT2D eigenvalue weighted by Crippen LogP contribution is -2.69. The van der Waals surface area contributed by atoms with Gasteiger partial charge < -0.3 is 84.6 Å². The molecule has 0 bridgehead atoms. The minimum atomic E-state index is -1.98. The monoisotopic (exact) mass is 956 g/mol. The number of allylic oxidation sites excluding steroid dienone is 2. The molecule has 8 rings (SSSR count). The SMILES string of the molecule is CC1OC(OC2C(O)C(OC3C(O)CC4(C)C(CCC5(C)C4CC=C4C6CC(C)(C)CCC6(C(=O)OC6OC(CO)C(O)C(O)C6O)CCC45C)C3(C)C)OC(C(=O)O)C2O)C(O)C(O)C1O. The third-order valence-electron chi connectivity index (χ3n) is 19.2. The summed E-state index contributed by atoms with van der Waals surface area (Å²) >= 11 is 0. The molecule has 0 aromatic heterocycles. The number of carboxylic acid groups (broad SMARTS) is 1. The Morgan fingerprint density at radius 3 is 1.97 bits per heavy atom. The van der Waals surface area contributed by atoms with Gasteiger partial charge in [0.2, 0.25) is 6.29 Å². The van der Waals surface area contributed by atoms with Gasteiger partial charge in [0, 0.05) is 0 Å². The fraction of sp³-hybridized carbons (Fsp3) is 0.917. The van der Waals surface area contributed by atoms with Crippen LogP contribution in [0.5, 0.6) is 0 Å². The molecule has 0 amide bonds. The van der Waals surface area contributed by atoms with Gasteiger partial charge in [0.25, 0.3) is 0 Å². The summed E-state index contributed by atoms with van der Waals surface area (Å²) < 4.78 is 35.1. The van der Waals surface area contributed by atoms with E-state index in [4.69, 9.17) is 28.4 Å². The van der Waals surface area contributed by atoms with E-state index >= 15 is 0 Å². The van der Waals surface area contributed by atoms with Crippen molar-refractivity contribution in [3.8, 4) is 0 Å². The number of carbonyl (C=O) groups is 2. The predicted octanol–water partition coefficient (Wildman–Crippen LogP) is 0.231. The largest absolute Gasteiger partial charge is 0.479 e. The number of fused-ring (bicyclic) bond motifs is 7. The van der Waals surface area contributed by atoms with E-state index in [1.165, 1.54) is 12.5 Å². The number of hydrogen-bond donors (Lipinski definition) is 11. The first kappa shape index (κ1) is 51.4. The molecule has 382 valence electrons. The fourth-order valence-corrected chi connectivity index (χ4v) is 15.1. The molecule has 19 heteroatoms. The van der Waals surface area contributed by atoms with Crippen molar-refractivity contribution in [2.75, 3.05) is 6.61 Å². The number of aliphatic carboxylic acids is 1. The minimum Gasteiger partial charge on any atom is -0.479 e. The Labute approximate surface area is 391 Å². The molecule has 24 atom stereocenters. The van der Waals surface area contributed by atoms with Gasteiger partial charge in [-0.2, -0.15) is 0 Å². The number of hydrogen-bond acceptors (Lipinski definition) is 18. The molecular weight excluding hydrogens is 881 g/mol. The van der Waals surface area contributed by atoms with E-state index in [0.717, 1.165) is 19.3 Å². The lowest BCUT2D eigenvalue weighted by molar-refractivity contribution is -0.368. The number of esters is 1. The van der Waals surface area contributed by atoms with Crippen LogP contribution in [0.4, 0.5) is 0 Å². The quantitative estimate of drug-likeness (QED) is 0.0882. The highest BCUT2D eigenvalue weighted by Gasteiger charge is 2.71. The zero-order chi connectivity index (χ0) is 49.3. The number of aliphatic hydroxyl groups is 10. The van der Waals surface area contributed by atoms with E-state index in [1.54, 1.807) is 0 Å². The maximum atomic E-state index is 14.7. The highest BCUT2D eigenvalue weighted by atomic mass is 16.7. The fourth-order valence-electron chi connectivity index (χ4n) is 15.1. The van der Waals surface area contributed by atoms with E-state index in [-0.39, 0.29) is 34.0 Å². The number of ether oxygens (including phenoxy) is 6. The lowest BCUT2D eigenvalue weighted by atomic mass is 9.33. The summed E-state index contributed by atoms with van der Waals surface area (Å²) in [7, 11) is 0. The first-order chi connectivity index (χ1) is 31.1. The molecule has 24 unspecified atom stereocenters. The molecule has 8 aliphatic rings. The van der Waals surface area contributed by atoms with Gasteiger partial charge in [0.1, 0.15) is 61.0 Å². The highest BCUT2D eigenvalue weighted by molar-refractivity contribution is 5.79. The van der Waals surface area contributed by atoms with Crippen LogP contribution in [0, 0.1) is 50.2 Å². The summed E-state index contributed by atoms with van der Waals surface area (Å²) in [5.74, 6) is -2.32. The second-order valence-corrected chi connectivity index (χ2v) is 23.7. The third kappa shape index (κ3) is 7.97. The summed E-state index contributed by atoms with van der Waals surface area (Å²) in [4.78, 5) is 27.1. The molecule has 3 heterocycles. The van der Waals surface area contributed by atoms with Gasteiger partial charge in [-0.15, -0.1) is 0 Å². The van der Waals surface area contributed by atoms with Gasteiger partial charge in [0.15, 0.2) is 18.7 Å². The van der Waals surface area contributed by atoms with Crippen LogP contribution in [0.15, 0.2) is 11.6 Å². The van der Waals surface area contributed by atoms with Crippen molar-refractivity contribution in [2.24, 2.45) is 50.2 Å². The van der Waals surface area contributed by atoms with Crippen molar-refractivity contribution < 1.29 is 94.2 Å². The summed E-state index contributed by atoms with van der Waals surface area (Å²) in [6.07, 6.45) is -18.9. The maximum absolute atomic E-state index is 14.7. The first-order valence-corrected chi connectivity index (χ1v) is 24.3. The maximum Gasteiger partial charge on any atom is 0.335 e. The van der Waals surface area contributed by atoms with Crippen LogP contribution in [-0.2, 0) is 38.0 Å². The third-order valence-corrected chi connectivity index (χ3v) is 19.2. The van der Waals surface area contributed by atoms with Crippen LogP contribution in [0.25, 0.3) is 0 Å². The highest BCUT2D eigenvalue weighted by Crippen LogP contribution is 2.76. The normalized spacial score (nSPS) is 53.7. The smallest absolute Gasteiger partial charge is 0.335 e. The summed E-state index contributed by atoms with van der Waals surface area (Å²) in [5.41, 5.74) is -1.78. The molecule has 4 saturated carbocycles. The average Bonchev–Trinajstić information content (AvgIpc) is 3.25. The van der Waals surface area contributed by atoms with Crippen molar-refractivity contribution in [2.45, 2.75) is 218 Å². The molecule has 3 saturated heterocycles. The van der Waals surface area contributed by atoms with Crippen molar-refractivity contribution in [1.29, 1.82) is 0 Å². The standard InChI is InChI=1S/C48H76O19/c1-20-27(51)29(53)31(55)39(62-20)64-35-33(57)36(38(59)60)65-41(34(35)58)66-37-23(50)18-45(6)25(44(37,4)5)11-12-47(8)26(45)10-9-21-22-17-43(2,3)13-15-48(22,16-14-46(21,47)7)42(61)67-40-32(56)30(54)28(52)24(19-49)63-40/h9,20,22-37,39-41,49-58H,10-19H2,1-8H3,(H,59,60). The summed E-state index contributed by atoms with van der Waals surface area (Å²) in [6.45, 7) is 16.1. The molecule has 0 radical (unpaired) electrons. The van der Waals surface area contributed by atoms with Crippen molar-refractivity contribution in [3.05, 3.63) is 11.6 Å². The van der Waals surface area contributed by atoms with E-state index in [0.29, 0.717) is 38.5 Å². The molecule has 0 aromatic rings. The molecule has 0 spiro atoms. The van der Waals surface area contributed by atoms with Gasteiger partial charge in [-0.3, -0.25) is 4.79 Å². The number of carbonyl (C=O) groups excluding carboxylic acids is 1. The Morgan fingerprint density at radius 2 is 1.31 bits per heavy atom. The van der Waals surface area contributed by atoms with Crippen LogP contribution >= 0.6 is 0 Å². The Hall–Kier alpha value is -1.92. The van der Waals surface area contributed by atoms with Crippen LogP contribution < -0.4 is 0 Å². The van der Waals surface area contributed by atoms with Crippen LogP contribution in [0.3, 0.4) is 0 Å². The zero-order valence-corrected chi connectivity index (χ0v) is 39.9. The first-order valence-electron chi connectivity index (χ1n) is 24.3. The Bertz CT molecular complexity index is 1890. The molecule has 67 heavy (non-hydrogen) atoms. The second-order valence-electron chi connectivity index (χ2n) is 23.7. The Kier molecular flexibility index (Phi) is 13.6. The molecular formula is C48H76O19. The minimum absolute atomic E-state index is 0.0522. The van der Waals surface area contributed by atoms with Crippen LogP contribution in [-0.4, -0.2) is 179 Å². The number of aliphatic hydroxyl groups excluding tert-OH is 10. The van der Waals surface area contributed by atoms with E-state index in [1.807, 2.05) is 13.8 Å². The molecule has 5 aliphatic carbocycles. The van der Waals surface area contributed by atoms with Gasteiger partial charge in [-0.25, -0.2) is 4.79 Å². The molecule has 0 aromatic carbocycles. The predicted molar refractivity (Wildman–Crippen MR) is 231 cm³/mol. The number of carboxylic acids is 1. The van der Waals surface area contributed by atoms with Crippen molar-refractivity contribution in [3.63, 3.8) is 0 Å². The average molecular weight is 957 g/mol. The van der Waals surface area contributed by atoms with Gasteiger partial charge in [-0.05, 0) is 110 Å². The molecule has 7 fully saturated rings. The Morgan fingerprint density at radius 1 is 0.687 bits per heavy atom. The van der Waals surface area contributed by atoms with Crippen LogP contribution in [0.1, 0.15) is 113 Å². The Balaban J connectivity index is 1.05. The second kappa shape index (κ2) is 17.7. The van der Waals surface area contributed by atoms with E-state index in [9.17, 15) is 65.8 Å². The summed E-state index contributed by atoms with van der Waals surface area (Å²) in [6, 6.07) is 0. The van der Waals surface area contributed by atoms with E-state index in [2.05, 4.69) is 40.7 Å².